The van der Waals surface area contributed by atoms with E-state index in [1.165, 1.54) is 12.8 Å². The molecule has 116 valence electrons. The summed E-state index contributed by atoms with van der Waals surface area (Å²) in [5.74, 6) is 0.775. The summed E-state index contributed by atoms with van der Waals surface area (Å²) < 4.78 is 5.98. The smallest absolute Gasteiger partial charge is 0.130 e. The number of ether oxygens (including phenoxy) is 1. The fraction of sp³-hybridized carbons (Fsp3) is 0.263. The molecule has 0 aromatic heterocycles. The van der Waals surface area contributed by atoms with Gasteiger partial charge in [-0.1, -0.05) is 42.5 Å². The van der Waals surface area contributed by atoms with E-state index in [1.54, 1.807) is 6.07 Å². The minimum atomic E-state index is 0.364. The number of likely N-dealkylation sites (tertiary alicyclic amines) is 1. The summed E-state index contributed by atoms with van der Waals surface area (Å²) in [5.41, 5.74) is 2.49. The molecule has 2 aromatic rings. The number of benzene rings is 2. The van der Waals surface area contributed by atoms with Gasteiger partial charge in [-0.2, -0.15) is 5.26 Å². The molecular weight excluding hydrogens is 304 g/mol. The minimum absolute atomic E-state index is 0.364. The van der Waals surface area contributed by atoms with E-state index < -0.39 is 0 Å². The molecule has 0 radical (unpaired) electrons. The van der Waals surface area contributed by atoms with Crippen molar-refractivity contribution in [3.63, 3.8) is 0 Å². The molecule has 3 nitrogen and oxygen atoms in total. The van der Waals surface area contributed by atoms with E-state index in [1.807, 2.05) is 42.5 Å². The number of hydrogen-bond donors (Lipinski definition) is 0. The third kappa shape index (κ3) is 3.52. The van der Waals surface area contributed by atoms with Gasteiger partial charge in [0.15, 0.2) is 0 Å². The number of nitrogens with zero attached hydrogens (tertiary/aromatic N) is 2. The fourth-order valence-corrected chi connectivity index (χ4v) is 3.12. The van der Waals surface area contributed by atoms with E-state index in [4.69, 9.17) is 22.2 Å². The molecule has 0 amide bonds. The van der Waals surface area contributed by atoms with Crippen LogP contribution in [-0.2, 0) is 6.61 Å². The highest BCUT2D eigenvalue weighted by molar-refractivity contribution is 7.80. The van der Waals surface area contributed by atoms with Crippen LogP contribution in [0.2, 0.25) is 0 Å². The Morgan fingerprint density at radius 3 is 2.57 bits per heavy atom. The lowest BCUT2D eigenvalue weighted by atomic mass is 10.1. The Kier molecular flexibility index (Phi) is 4.89. The van der Waals surface area contributed by atoms with E-state index in [0.29, 0.717) is 12.2 Å². The number of para-hydroxylation sites is 1. The maximum atomic E-state index is 9.17. The normalized spacial score (nSPS) is 13.6. The molecule has 1 aliphatic heterocycles. The average Bonchev–Trinajstić information content (AvgIpc) is 3.14. The van der Waals surface area contributed by atoms with Gasteiger partial charge in [-0.05, 0) is 31.0 Å². The molecule has 0 saturated carbocycles. The van der Waals surface area contributed by atoms with Crippen LogP contribution < -0.4 is 4.74 Å². The largest absolute Gasteiger partial charge is 0.488 e. The Bertz CT molecular complexity index is 745. The van der Waals surface area contributed by atoms with Crippen LogP contribution >= 0.6 is 12.2 Å². The predicted octanol–water partition coefficient (Wildman–Crippen LogP) is 3.91. The molecule has 2 aromatic carbocycles. The molecule has 1 aliphatic rings. The van der Waals surface area contributed by atoms with E-state index in [9.17, 15) is 0 Å². The molecule has 3 rings (SSSR count). The summed E-state index contributed by atoms with van der Waals surface area (Å²) in [5, 5.41) is 9.17. The Balaban J connectivity index is 1.78. The first-order valence-electron chi connectivity index (χ1n) is 7.78. The predicted molar refractivity (Wildman–Crippen MR) is 94.4 cm³/mol. The molecule has 4 heteroatoms. The maximum absolute atomic E-state index is 9.17. The molecule has 1 saturated heterocycles. The molecule has 1 heterocycles. The van der Waals surface area contributed by atoms with Crippen LogP contribution in [0.3, 0.4) is 0 Å². The fourth-order valence-electron chi connectivity index (χ4n) is 2.77. The van der Waals surface area contributed by atoms with Gasteiger partial charge in [0.1, 0.15) is 17.3 Å². The highest BCUT2D eigenvalue weighted by Crippen LogP contribution is 2.24. The van der Waals surface area contributed by atoms with Crippen molar-refractivity contribution in [2.24, 2.45) is 0 Å². The van der Waals surface area contributed by atoms with Crippen molar-refractivity contribution in [1.82, 2.24) is 4.90 Å². The standard InChI is InChI=1S/C19H18N2OS/c20-13-15-7-1-2-8-16(15)14-22-18-10-4-3-9-17(18)19(23)21-11-5-6-12-21/h1-4,7-10H,5-6,11-12,14H2. The lowest BCUT2D eigenvalue weighted by molar-refractivity contribution is 0.304. The van der Waals surface area contributed by atoms with Crippen molar-refractivity contribution in [2.75, 3.05) is 13.1 Å². The van der Waals surface area contributed by atoms with Crippen molar-refractivity contribution >= 4 is 17.2 Å². The molecule has 0 unspecified atom stereocenters. The zero-order valence-corrected chi connectivity index (χ0v) is 13.7. The summed E-state index contributed by atoms with van der Waals surface area (Å²) in [4.78, 5) is 3.09. The van der Waals surface area contributed by atoms with Crippen LogP contribution in [0.5, 0.6) is 5.75 Å². The summed E-state index contributed by atoms with van der Waals surface area (Å²) in [6.07, 6.45) is 2.39. The third-order valence-corrected chi connectivity index (χ3v) is 4.51. The molecule has 0 N–H and O–H groups in total. The summed E-state index contributed by atoms with van der Waals surface area (Å²) in [6.45, 7) is 2.40. The quantitative estimate of drug-likeness (QED) is 0.800. The second-order valence-corrected chi connectivity index (χ2v) is 5.94. The third-order valence-electron chi connectivity index (χ3n) is 4.03. The molecule has 23 heavy (non-hydrogen) atoms. The molecule has 0 aliphatic carbocycles. The van der Waals surface area contributed by atoms with E-state index in [-0.39, 0.29) is 0 Å². The summed E-state index contributed by atoms with van der Waals surface area (Å²) in [7, 11) is 0. The van der Waals surface area contributed by atoms with Gasteiger partial charge in [0.05, 0.1) is 17.2 Å². The van der Waals surface area contributed by atoms with Crippen molar-refractivity contribution in [1.29, 1.82) is 5.26 Å². The van der Waals surface area contributed by atoms with E-state index >= 15 is 0 Å². The van der Waals surface area contributed by atoms with Crippen molar-refractivity contribution < 1.29 is 4.74 Å². The van der Waals surface area contributed by atoms with Crippen molar-refractivity contribution in [2.45, 2.75) is 19.4 Å². The molecule has 0 atom stereocenters. The van der Waals surface area contributed by atoms with Gasteiger partial charge in [-0.25, -0.2) is 0 Å². The molecule has 1 fully saturated rings. The number of hydrogen-bond acceptors (Lipinski definition) is 3. The van der Waals surface area contributed by atoms with Crippen LogP contribution in [0.15, 0.2) is 48.5 Å². The topological polar surface area (TPSA) is 36.3 Å². The SMILES string of the molecule is N#Cc1ccccc1COc1ccccc1C(=S)N1CCCC1. The van der Waals surface area contributed by atoms with Crippen LogP contribution in [0.1, 0.15) is 29.5 Å². The van der Waals surface area contributed by atoms with Gasteiger partial charge in [-0.15, -0.1) is 0 Å². The van der Waals surface area contributed by atoms with Crippen LogP contribution in [0, 0.1) is 11.3 Å². The monoisotopic (exact) mass is 322 g/mol. The lowest BCUT2D eigenvalue weighted by Gasteiger charge is -2.21. The van der Waals surface area contributed by atoms with Gasteiger partial charge >= 0.3 is 0 Å². The lowest BCUT2D eigenvalue weighted by Crippen LogP contribution is -2.27. The van der Waals surface area contributed by atoms with E-state index in [0.717, 1.165) is 35.0 Å². The van der Waals surface area contributed by atoms with E-state index in [2.05, 4.69) is 11.0 Å². The average molecular weight is 322 g/mol. The Hall–Kier alpha value is -2.38. The second kappa shape index (κ2) is 7.26. The first kappa shape index (κ1) is 15.5. The van der Waals surface area contributed by atoms with Gasteiger partial charge < -0.3 is 9.64 Å². The van der Waals surface area contributed by atoms with Crippen LogP contribution in [0.4, 0.5) is 0 Å². The van der Waals surface area contributed by atoms with Gasteiger partial charge in [0.2, 0.25) is 0 Å². The molecular formula is C19H18N2OS. The zero-order valence-electron chi connectivity index (χ0n) is 12.9. The summed E-state index contributed by atoms with van der Waals surface area (Å²) in [6, 6.07) is 17.6. The minimum Gasteiger partial charge on any atom is -0.488 e. The Morgan fingerprint density at radius 2 is 1.78 bits per heavy atom. The van der Waals surface area contributed by atoms with Gasteiger partial charge in [-0.3, -0.25) is 0 Å². The molecule has 0 spiro atoms. The second-order valence-electron chi connectivity index (χ2n) is 5.55. The van der Waals surface area contributed by atoms with Crippen molar-refractivity contribution in [3.05, 3.63) is 65.2 Å². The zero-order chi connectivity index (χ0) is 16.1. The number of thiocarbonyl (C=S) groups is 1. The molecule has 0 bridgehead atoms. The van der Waals surface area contributed by atoms with Crippen LogP contribution in [0.25, 0.3) is 0 Å². The Morgan fingerprint density at radius 1 is 1.09 bits per heavy atom. The van der Waals surface area contributed by atoms with Crippen LogP contribution in [-0.4, -0.2) is 23.0 Å². The first-order chi connectivity index (χ1) is 11.3. The highest BCUT2D eigenvalue weighted by Gasteiger charge is 2.19. The Labute approximate surface area is 142 Å². The summed E-state index contributed by atoms with van der Waals surface area (Å²) >= 11 is 5.64. The number of nitriles is 1. The van der Waals surface area contributed by atoms with Crippen molar-refractivity contribution in [3.8, 4) is 11.8 Å². The maximum Gasteiger partial charge on any atom is 0.130 e. The van der Waals surface area contributed by atoms with Gasteiger partial charge in [0.25, 0.3) is 0 Å². The number of rotatable bonds is 4. The first-order valence-corrected chi connectivity index (χ1v) is 8.19. The highest BCUT2D eigenvalue weighted by atomic mass is 32.1. The van der Waals surface area contributed by atoms with Gasteiger partial charge in [0, 0.05) is 18.7 Å².